The van der Waals surface area contributed by atoms with E-state index in [2.05, 4.69) is 10.6 Å². The fourth-order valence-electron chi connectivity index (χ4n) is 4.60. The Morgan fingerprint density at radius 1 is 1.19 bits per heavy atom. The summed E-state index contributed by atoms with van der Waals surface area (Å²) < 4.78 is 1.97. The van der Waals surface area contributed by atoms with Crippen molar-refractivity contribution in [1.82, 2.24) is 20.4 Å². The van der Waals surface area contributed by atoms with Crippen molar-refractivity contribution >= 4 is 22.7 Å². The molecule has 2 amide bonds. The van der Waals surface area contributed by atoms with Gasteiger partial charge >= 0.3 is 0 Å². The summed E-state index contributed by atoms with van der Waals surface area (Å²) >= 11 is 0. The maximum Gasteiger partial charge on any atom is 0.273 e. The number of para-hydroxylation sites is 1. The number of rotatable bonds is 7. The van der Waals surface area contributed by atoms with Crippen LogP contribution in [-0.2, 0) is 11.3 Å². The Morgan fingerprint density at radius 3 is 2.53 bits per heavy atom. The van der Waals surface area contributed by atoms with Gasteiger partial charge in [-0.1, -0.05) is 58.2 Å². The summed E-state index contributed by atoms with van der Waals surface area (Å²) in [4.78, 5) is 26.2. The van der Waals surface area contributed by atoms with Crippen LogP contribution in [-0.4, -0.2) is 44.9 Å². The monoisotopic (exact) mass is 440 g/mol. The maximum absolute atomic E-state index is 13.3. The first-order valence-electron chi connectivity index (χ1n) is 11.9. The Bertz CT molecular complexity index is 981. The number of aliphatic hydroxyl groups is 1. The lowest BCUT2D eigenvalue weighted by molar-refractivity contribution is -0.126. The minimum atomic E-state index is -0.782. The average molecular weight is 441 g/mol. The van der Waals surface area contributed by atoms with Crippen LogP contribution in [0.15, 0.2) is 24.3 Å². The van der Waals surface area contributed by atoms with Crippen LogP contribution < -0.4 is 10.6 Å². The Labute approximate surface area is 189 Å². The predicted octanol–water partition coefficient (Wildman–Crippen LogP) is 3.40. The quantitative estimate of drug-likeness (QED) is 0.615. The van der Waals surface area contributed by atoms with Crippen LogP contribution in [0.1, 0.15) is 76.2 Å². The van der Waals surface area contributed by atoms with Crippen molar-refractivity contribution in [2.45, 2.75) is 83.9 Å². The number of nitrogens with zero attached hydrogens (tertiary/aromatic N) is 2. The van der Waals surface area contributed by atoms with Crippen LogP contribution in [0, 0.1) is 11.3 Å². The molecule has 1 unspecified atom stereocenters. The molecule has 1 heterocycles. The molecular weight excluding hydrogens is 404 g/mol. The molecule has 1 atom stereocenters. The molecule has 4 rings (SSSR count). The molecule has 0 radical (unpaired) electrons. The molecule has 174 valence electrons. The van der Waals surface area contributed by atoms with E-state index in [1.807, 2.05) is 49.7 Å². The second-order valence-corrected chi connectivity index (χ2v) is 10.8. The second-order valence-electron chi connectivity index (χ2n) is 10.8. The normalized spacial score (nSPS) is 19.5. The van der Waals surface area contributed by atoms with Gasteiger partial charge in [-0.2, -0.15) is 5.10 Å². The molecule has 2 aliphatic rings. The Kier molecular flexibility index (Phi) is 6.30. The van der Waals surface area contributed by atoms with Crippen LogP contribution in [0.4, 0.5) is 0 Å². The lowest BCUT2D eigenvalue weighted by atomic mass is 9.86. The van der Waals surface area contributed by atoms with Gasteiger partial charge in [-0.25, -0.2) is 0 Å². The van der Waals surface area contributed by atoms with Crippen molar-refractivity contribution in [2.75, 3.05) is 6.54 Å². The van der Waals surface area contributed by atoms with Gasteiger partial charge in [-0.3, -0.25) is 14.3 Å². The summed E-state index contributed by atoms with van der Waals surface area (Å²) in [7, 11) is 0. The average Bonchev–Trinajstić information content (AvgIpc) is 3.39. The summed E-state index contributed by atoms with van der Waals surface area (Å²) in [5.41, 5.74) is 0.0398. The third kappa shape index (κ3) is 5.14. The fourth-order valence-corrected chi connectivity index (χ4v) is 4.60. The number of hydrogen-bond acceptors (Lipinski definition) is 4. The van der Waals surface area contributed by atoms with E-state index in [1.165, 1.54) is 32.1 Å². The van der Waals surface area contributed by atoms with E-state index in [9.17, 15) is 14.7 Å². The molecule has 0 spiro atoms. The number of nitrogens with one attached hydrogen (secondary N) is 2. The Balaban J connectivity index is 1.54. The maximum atomic E-state index is 13.3. The summed E-state index contributed by atoms with van der Waals surface area (Å²) in [6.45, 7) is 6.79. The molecule has 0 bridgehead atoms. The molecule has 2 aliphatic carbocycles. The topological polar surface area (TPSA) is 96.2 Å². The molecule has 3 N–H and O–H groups in total. The molecule has 0 saturated heterocycles. The highest BCUT2D eigenvalue weighted by atomic mass is 16.3. The van der Waals surface area contributed by atoms with Crippen LogP contribution in [0.3, 0.4) is 0 Å². The smallest absolute Gasteiger partial charge is 0.273 e. The number of carbonyl (C=O) groups is 2. The van der Waals surface area contributed by atoms with Crippen molar-refractivity contribution in [1.29, 1.82) is 0 Å². The molecule has 1 aromatic carbocycles. The minimum Gasteiger partial charge on any atom is -0.388 e. The fraction of sp³-hybridized carbons (Fsp3) is 0.640. The largest absolute Gasteiger partial charge is 0.388 e. The Morgan fingerprint density at radius 2 is 1.88 bits per heavy atom. The molecule has 32 heavy (non-hydrogen) atoms. The highest BCUT2D eigenvalue weighted by Crippen LogP contribution is 2.34. The molecule has 2 fully saturated rings. The predicted molar refractivity (Wildman–Crippen MR) is 124 cm³/mol. The van der Waals surface area contributed by atoms with Crippen molar-refractivity contribution < 1.29 is 14.7 Å². The van der Waals surface area contributed by atoms with Gasteiger partial charge in [0.15, 0.2) is 5.69 Å². The van der Waals surface area contributed by atoms with Crippen molar-refractivity contribution in [3.05, 3.63) is 30.0 Å². The molecule has 2 saturated carbocycles. The number of benzene rings is 1. The number of carbonyl (C=O) groups excluding carboxylic acids is 2. The van der Waals surface area contributed by atoms with Gasteiger partial charge in [0.05, 0.1) is 11.1 Å². The number of amides is 2. The lowest BCUT2D eigenvalue weighted by Crippen LogP contribution is -2.54. The number of aromatic nitrogens is 2. The highest BCUT2D eigenvalue weighted by Gasteiger charge is 2.42. The van der Waals surface area contributed by atoms with Gasteiger partial charge in [0, 0.05) is 18.5 Å². The van der Waals surface area contributed by atoms with E-state index in [1.54, 1.807) is 0 Å². The van der Waals surface area contributed by atoms with Crippen LogP contribution >= 0.6 is 0 Å². The lowest BCUT2D eigenvalue weighted by Gasteiger charge is -2.30. The molecule has 0 aliphatic heterocycles. The molecule has 2 aromatic rings. The van der Waals surface area contributed by atoms with Gasteiger partial charge in [-0.05, 0) is 43.1 Å². The summed E-state index contributed by atoms with van der Waals surface area (Å²) in [6, 6.07) is 7.07. The number of hydrogen-bond donors (Lipinski definition) is 3. The highest BCUT2D eigenvalue weighted by molar-refractivity contribution is 6.06. The number of fused-ring (bicyclic) bond motifs is 1. The van der Waals surface area contributed by atoms with E-state index in [-0.39, 0.29) is 18.4 Å². The minimum absolute atomic E-state index is 0.216. The van der Waals surface area contributed by atoms with Crippen LogP contribution in [0.5, 0.6) is 0 Å². The van der Waals surface area contributed by atoms with E-state index in [0.29, 0.717) is 24.5 Å². The van der Waals surface area contributed by atoms with E-state index in [4.69, 9.17) is 5.10 Å². The first kappa shape index (κ1) is 22.8. The van der Waals surface area contributed by atoms with E-state index >= 15 is 0 Å². The zero-order valence-electron chi connectivity index (χ0n) is 19.5. The van der Waals surface area contributed by atoms with Crippen LogP contribution in [0.2, 0.25) is 0 Å². The van der Waals surface area contributed by atoms with Crippen molar-refractivity contribution in [3.63, 3.8) is 0 Å². The standard InChI is InChI=1S/C25H36N4O3/c1-24(2,3)21(23(31)26-16-25(32)13-14-25)27-22(30)20-18-11-7-8-12-19(18)29(28-20)15-17-9-5-4-6-10-17/h7-8,11-12,17,21,32H,4-6,9-10,13-16H2,1-3H3,(H,26,31)(H,27,30). The first-order valence-corrected chi connectivity index (χ1v) is 11.9. The third-order valence-electron chi connectivity index (χ3n) is 6.85. The molecule has 7 nitrogen and oxygen atoms in total. The molecular formula is C25H36N4O3. The second kappa shape index (κ2) is 8.85. The summed E-state index contributed by atoms with van der Waals surface area (Å²) in [5, 5.41) is 21.3. The van der Waals surface area contributed by atoms with Gasteiger partial charge in [0.25, 0.3) is 5.91 Å². The first-order chi connectivity index (χ1) is 15.2. The van der Waals surface area contributed by atoms with Gasteiger partial charge < -0.3 is 15.7 Å². The SMILES string of the molecule is CC(C)(C)C(NC(=O)c1nn(CC2CCCCC2)c2ccccc12)C(=O)NCC1(O)CC1. The van der Waals surface area contributed by atoms with Gasteiger partial charge in [0.2, 0.25) is 5.91 Å². The van der Waals surface area contributed by atoms with E-state index in [0.717, 1.165) is 17.4 Å². The molecule has 7 heteroatoms. The van der Waals surface area contributed by atoms with Gasteiger partial charge in [0.1, 0.15) is 6.04 Å². The Hall–Kier alpha value is -2.41. The van der Waals surface area contributed by atoms with Gasteiger partial charge in [-0.15, -0.1) is 0 Å². The third-order valence-corrected chi connectivity index (χ3v) is 6.85. The van der Waals surface area contributed by atoms with Crippen molar-refractivity contribution in [3.8, 4) is 0 Å². The molecule has 1 aromatic heterocycles. The van der Waals surface area contributed by atoms with Crippen molar-refractivity contribution in [2.24, 2.45) is 11.3 Å². The zero-order valence-corrected chi connectivity index (χ0v) is 19.5. The van der Waals surface area contributed by atoms with Crippen LogP contribution in [0.25, 0.3) is 10.9 Å². The van der Waals surface area contributed by atoms with E-state index < -0.39 is 17.1 Å². The summed E-state index contributed by atoms with van der Waals surface area (Å²) in [5.74, 6) is -0.0368. The summed E-state index contributed by atoms with van der Waals surface area (Å²) in [6.07, 6.45) is 7.62. The zero-order chi connectivity index (χ0) is 22.9.